The normalized spacial score (nSPS) is 14.3. The molecule has 0 N–H and O–H groups in total. The number of hydrogen-bond acceptors (Lipinski definition) is 3. The molecule has 3 rings (SSSR count). The molecule has 0 atom stereocenters. The maximum absolute atomic E-state index is 14.2. The molecule has 0 spiro atoms. The van der Waals surface area contributed by atoms with E-state index in [9.17, 15) is 9.18 Å². The number of carbonyl (C=O) groups is 1. The van der Waals surface area contributed by atoms with E-state index in [1.54, 1.807) is 17.8 Å². The Morgan fingerprint density at radius 2 is 1.67 bits per heavy atom. The molecule has 3 nitrogen and oxygen atoms in total. The predicted octanol–water partition coefficient (Wildman–Crippen LogP) is 6.46. The zero-order valence-electron chi connectivity index (χ0n) is 20.5. The highest BCUT2D eigenvalue weighted by Crippen LogP contribution is 2.44. The van der Waals surface area contributed by atoms with Gasteiger partial charge in [0.05, 0.1) is 6.42 Å². The summed E-state index contributed by atoms with van der Waals surface area (Å²) in [6, 6.07) is 13.3. The molecule has 0 fully saturated rings. The first kappa shape index (κ1) is 25.3. The predicted molar refractivity (Wildman–Crippen MR) is 140 cm³/mol. The highest BCUT2D eigenvalue weighted by molar-refractivity contribution is 7.98. The van der Waals surface area contributed by atoms with Crippen molar-refractivity contribution < 1.29 is 9.18 Å². The van der Waals surface area contributed by atoms with Crippen LogP contribution in [-0.4, -0.2) is 54.7 Å². The SMILES string of the molecule is CCN(CC)CCN(CC)C(=O)CC1=C(C)/C(=C/c2ccc(SC)cc2)c2ccc(F)cc21. The number of halogens is 1. The Hall–Kier alpha value is -2.37. The van der Waals surface area contributed by atoms with Crippen LogP contribution in [0.4, 0.5) is 4.39 Å². The minimum absolute atomic E-state index is 0.0970. The maximum Gasteiger partial charge on any atom is 0.227 e. The van der Waals surface area contributed by atoms with Crippen molar-refractivity contribution in [2.45, 2.75) is 39.0 Å². The minimum atomic E-state index is -0.272. The van der Waals surface area contributed by atoms with Gasteiger partial charge in [0.25, 0.3) is 0 Å². The minimum Gasteiger partial charge on any atom is -0.341 e. The second-order valence-corrected chi connectivity index (χ2v) is 9.18. The van der Waals surface area contributed by atoms with Crippen LogP contribution in [0.2, 0.25) is 0 Å². The van der Waals surface area contributed by atoms with E-state index in [0.29, 0.717) is 13.1 Å². The lowest BCUT2D eigenvalue weighted by molar-refractivity contribution is -0.130. The second-order valence-electron chi connectivity index (χ2n) is 8.30. The first-order valence-corrected chi connectivity index (χ1v) is 13.0. The summed E-state index contributed by atoms with van der Waals surface area (Å²) in [5, 5.41) is 0. The zero-order valence-corrected chi connectivity index (χ0v) is 21.3. The van der Waals surface area contributed by atoms with Gasteiger partial charge in [0.2, 0.25) is 5.91 Å². The van der Waals surface area contributed by atoms with Crippen molar-refractivity contribution in [3.05, 3.63) is 70.5 Å². The number of allylic oxidation sites excluding steroid dienone is 2. The van der Waals surface area contributed by atoms with E-state index in [0.717, 1.165) is 53.0 Å². The Labute approximate surface area is 202 Å². The number of benzene rings is 2. The third-order valence-electron chi connectivity index (χ3n) is 6.52. The van der Waals surface area contributed by atoms with E-state index in [2.05, 4.69) is 62.3 Å². The molecule has 0 heterocycles. The van der Waals surface area contributed by atoms with Crippen LogP contribution in [0.15, 0.2) is 52.9 Å². The van der Waals surface area contributed by atoms with E-state index in [1.807, 2.05) is 17.9 Å². The van der Waals surface area contributed by atoms with Gasteiger partial charge in [-0.1, -0.05) is 32.0 Å². The molecule has 0 bridgehead atoms. The van der Waals surface area contributed by atoms with Crippen molar-refractivity contribution in [1.29, 1.82) is 0 Å². The van der Waals surface area contributed by atoms with Crippen LogP contribution in [0, 0.1) is 5.82 Å². The van der Waals surface area contributed by atoms with Gasteiger partial charge in [0.1, 0.15) is 5.82 Å². The van der Waals surface area contributed by atoms with Gasteiger partial charge in [-0.25, -0.2) is 4.39 Å². The van der Waals surface area contributed by atoms with Gasteiger partial charge in [0.15, 0.2) is 0 Å². The van der Waals surface area contributed by atoms with Crippen LogP contribution in [0.25, 0.3) is 17.2 Å². The van der Waals surface area contributed by atoms with Gasteiger partial charge in [-0.3, -0.25) is 4.79 Å². The number of likely N-dealkylation sites (N-methyl/N-ethyl adjacent to an activating group) is 2. The molecule has 0 saturated carbocycles. The van der Waals surface area contributed by atoms with Gasteiger partial charge in [-0.2, -0.15) is 0 Å². The van der Waals surface area contributed by atoms with Gasteiger partial charge in [0, 0.05) is 24.5 Å². The fraction of sp³-hybridized carbons (Fsp3) is 0.393. The quantitative estimate of drug-likeness (QED) is 0.376. The largest absolute Gasteiger partial charge is 0.341 e. The summed E-state index contributed by atoms with van der Waals surface area (Å²) in [5.41, 5.74) is 5.99. The van der Waals surface area contributed by atoms with Crippen LogP contribution >= 0.6 is 11.8 Å². The molecule has 0 radical (unpaired) electrons. The van der Waals surface area contributed by atoms with Crippen molar-refractivity contribution in [2.24, 2.45) is 0 Å². The Kier molecular flexibility index (Phi) is 8.93. The number of fused-ring (bicyclic) bond motifs is 1. The summed E-state index contributed by atoms with van der Waals surface area (Å²) in [6.45, 7) is 12.6. The van der Waals surface area contributed by atoms with E-state index >= 15 is 0 Å². The van der Waals surface area contributed by atoms with Gasteiger partial charge in [-0.05, 0) is 96.9 Å². The number of amides is 1. The first-order valence-electron chi connectivity index (χ1n) is 11.8. The van der Waals surface area contributed by atoms with Crippen LogP contribution in [0.3, 0.4) is 0 Å². The molecule has 2 aromatic carbocycles. The lowest BCUT2D eigenvalue weighted by atomic mass is 10.0. The monoisotopic (exact) mass is 466 g/mol. The summed E-state index contributed by atoms with van der Waals surface area (Å²) >= 11 is 1.71. The summed E-state index contributed by atoms with van der Waals surface area (Å²) in [5.74, 6) is -0.175. The molecule has 2 aromatic rings. The summed E-state index contributed by atoms with van der Waals surface area (Å²) in [6.07, 6.45) is 4.50. The van der Waals surface area contributed by atoms with E-state index in [-0.39, 0.29) is 18.1 Å². The molecule has 0 aliphatic heterocycles. The average molecular weight is 467 g/mol. The Balaban J connectivity index is 1.90. The van der Waals surface area contributed by atoms with Crippen molar-refractivity contribution in [3.63, 3.8) is 0 Å². The van der Waals surface area contributed by atoms with Crippen molar-refractivity contribution in [1.82, 2.24) is 9.80 Å². The molecular formula is C28H35FN2OS. The van der Waals surface area contributed by atoms with Gasteiger partial charge >= 0.3 is 0 Å². The summed E-state index contributed by atoms with van der Waals surface area (Å²) in [4.78, 5) is 18.7. The number of nitrogens with zero attached hydrogens (tertiary/aromatic N) is 2. The Bertz CT molecular complexity index is 1040. The van der Waals surface area contributed by atoms with Crippen LogP contribution in [0.1, 0.15) is 50.8 Å². The number of rotatable bonds is 10. The van der Waals surface area contributed by atoms with E-state index in [4.69, 9.17) is 0 Å². The van der Waals surface area contributed by atoms with Gasteiger partial charge in [-0.15, -0.1) is 11.8 Å². The van der Waals surface area contributed by atoms with Crippen LogP contribution in [0.5, 0.6) is 0 Å². The Morgan fingerprint density at radius 1 is 0.970 bits per heavy atom. The molecule has 0 aromatic heterocycles. The van der Waals surface area contributed by atoms with E-state index in [1.165, 1.54) is 11.0 Å². The van der Waals surface area contributed by atoms with Crippen molar-refractivity contribution in [2.75, 3.05) is 39.0 Å². The summed E-state index contributed by atoms with van der Waals surface area (Å²) in [7, 11) is 0. The standard InChI is InChI=1S/C28H35FN2OS/c1-6-30(7-2)15-16-31(8-3)28(32)19-26-20(4)25(24-14-11-22(29)18-27(24)26)17-21-9-12-23(33-5)13-10-21/h9-14,17-18H,6-8,15-16,19H2,1-5H3/b25-17-. The molecular weight excluding hydrogens is 431 g/mol. The molecule has 1 aliphatic carbocycles. The first-order chi connectivity index (χ1) is 15.9. The third kappa shape index (κ3) is 5.96. The molecule has 1 amide bonds. The topological polar surface area (TPSA) is 23.6 Å². The smallest absolute Gasteiger partial charge is 0.227 e. The third-order valence-corrected chi connectivity index (χ3v) is 7.27. The number of carbonyl (C=O) groups excluding carboxylic acids is 1. The van der Waals surface area contributed by atoms with Crippen molar-refractivity contribution >= 4 is 34.9 Å². The molecule has 1 aliphatic rings. The molecule has 0 unspecified atom stereocenters. The van der Waals surface area contributed by atoms with Crippen LogP contribution < -0.4 is 0 Å². The van der Waals surface area contributed by atoms with Crippen LogP contribution in [-0.2, 0) is 4.79 Å². The van der Waals surface area contributed by atoms with Gasteiger partial charge < -0.3 is 9.80 Å². The highest BCUT2D eigenvalue weighted by atomic mass is 32.2. The number of hydrogen-bond donors (Lipinski definition) is 0. The molecule has 176 valence electrons. The second kappa shape index (κ2) is 11.7. The maximum atomic E-state index is 14.2. The molecule has 5 heteroatoms. The fourth-order valence-electron chi connectivity index (χ4n) is 4.37. The fourth-order valence-corrected chi connectivity index (χ4v) is 4.78. The lowest BCUT2D eigenvalue weighted by Crippen LogP contribution is -2.38. The van der Waals surface area contributed by atoms with E-state index < -0.39 is 0 Å². The average Bonchev–Trinajstić information content (AvgIpc) is 3.07. The van der Waals surface area contributed by atoms with Crippen molar-refractivity contribution in [3.8, 4) is 0 Å². The summed E-state index contributed by atoms with van der Waals surface area (Å²) < 4.78 is 14.2. The molecule has 33 heavy (non-hydrogen) atoms. The Morgan fingerprint density at radius 3 is 2.27 bits per heavy atom. The lowest BCUT2D eigenvalue weighted by Gasteiger charge is -2.26. The highest BCUT2D eigenvalue weighted by Gasteiger charge is 2.27. The molecule has 0 saturated heterocycles. The zero-order chi connectivity index (χ0) is 24.0. The number of thioether (sulfide) groups is 1.